The van der Waals surface area contributed by atoms with E-state index in [0.717, 1.165) is 5.56 Å². The fraction of sp³-hybridized carbons (Fsp3) is 0.318. The Morgan fingerprint density at radius 2 is 1.57 bits per heavy atom. The molecule has 2 atom stereocenters. The van der Waals surface area contributed by atoms with Crippen LogP contribution in [0, 0.1) is 5.92 Å². The van der Waals surface area contributed by atoms with Crippen LogP contribution in [0.4, 0.5) is 4.79 Å². The third kappa shape index (κ3) is 7.12. The van der Waals surface area contributed by atoms with Gasteiger partial charge in [-0.2, -0.15) is 0 Å². The van der Waals surface area contributed by atoms with Crippen LogP contribution in [0.3, 0.4) is 0 Å². The first-order chi connectivity index (χ1) is 14.3. The number of aliphatic carboxylic acids is 1. The predicted molar refractivity (Wildman–Crippen MR) is 110 cm³/mol. The number of alkyl carbamates (subject to hydrolysis) is 1. The Labute approximate surface area is 174 Å². The van der Waals surface area contributed by atoms with Crippen molar-refractivity contribution in [1.29, 1.82) is 0 Å². The number of carboxylic acids is 1. The maximum Gasteiger partial charge on any atom is 0.408 e. The van der Waals surface area contributed by atoms with Crippen LogP contribution in [0.25, 0.3) is 0 Å². The maximum atomic E-state index is 12.7. The van der Waals surface area contributed by atoms with E-state index in [9.17, 15) is 24.6 Å². The molecule has 2 rings (SSSR count). The Hall–Kier alpha value is -3.55. The molecule has 0 fully saturated rings. The van der Waals surface area contributed by atoms with E-state index in [1.807, 2.05) is 18.2 Å². The highest BCUT2D eigenvalue weighted by molar-refractivity contribution is 5.89. The summed E-state index contributed by atoms with van der Waals surface area (Å²) in [7, 11) is 0. The van der Waals surface area contributed by atoms with E-state index in [1.54, 1.807) is 38.1 Å². The quantitative estimate of drug-likeness (QED) is 0.500. The van der Waals surface area contributed by atoms with Gasteiger partial charge in [-0.15, -0.1) is 0 Å². The van der Waals surface area contributed by atoms with Gasteiger partial charge in [0.2, 0.25) is 5.91 Å². The number of hydrogen-bond acceptors (Lipinski definition) is 5. The van der Waals surface area contributed by atoms with Gasteiger partial charge in [0.15, 0.2) is 0 Å². The number of phenolic OH excluding ortho intramolecular Hbond substituents is 1. The molecule has 2 aromatic carbocycles. The van der Waals surface area contributed by atoms with Crippen molar-refractivity contribution in [3.63, 3.8) is 0 Å². The first kappa shape index (κ1) is 22.7. The van der Waals surface area contributed by atoms with Gasteiger partial charge in [-0.05, 0) is 29.2 Å². The van der Waals surface area contributed by atoms with Crippen molar-refractivity contribution in [3.05, 3.63) is 65.7 Å². The van der Waals surface area contributed by atoms with Crippen molar-refractivity contribution in [2.75, 3.05) is 0 Å². The lowest BCUT2D eigenvalue weighted by molar-refractivity contribution is -0.143. The number of nitrogens with one attached hydrogen (secondary N) is 2. The number of phenols is 1. The summed E-state index contributed by atoms with van der Waals surface area (Å²) in [4.78, 5) is 36.4. The van der Waals surface area contributed by atoms with E-state index in [0.29, 0.717) is 5.56 Å². The van der Waals surface area contributed by atoms with Gasteiger partial charge < -0.3 is 25.6 Å². The molecule has 0 unspecified atom stereocenters. The molecular weight excluding hydrogens is 388 g/mol. The van der Waals surface area contributed by atoms with Crippen LogP contribution >= 0.6 is 0 Å². The number of carboxylic acid groups (broad SMARTS) is 1. The Kier molecular flexibility index (Phi) is 8.22. The van der Waals surface area contributed by atoms with E-state index in [-0.39, 0.29) is 24.7 Å². The monoisotopic (exact) mass is 414 g/mol. The van der Waals surface area contributed by atoms with E-state index >= 15 is 0 Å². The lowest BCUT2D eigenvalue weighted by atomic mass is 10.0. The summed E-state index contributed by atoms with van der Waals surface area (Å²) in [5.74, 6) is -2.07. The number of benzene rings is 2. The molecule has 8 nitrogen and oxygen atoms in total. The normalized spacial score (nSPS) is 12.6. The number of rotatable bonds is 9. The highest BCUT2D eigenvalue weighted by atomic mass is 16.5. The molecule has 0 bridgehead atoms. The van der Waals surface area contributed by atoms with Gasteiger partial charge in [-0.1, -0.05) is 56.3 Å². The van der Waals surface area contributed by atoms with Crippen molar-refractivity contribution >= 4 is 18.0 Å². The predicted octanol–water partition coefficient (Wildman–Crippen LogP) is 2.46. The maximum absolute atomic E-state index is 12.7. The standard InChI is InChI=1S/C22H26N2O6/c1-14(2)19(21(27)28)24-20(26)18(12-15-8-10-17(25)11-9-15)23-22(29)30-13-16-6-4-3-5-7-16/h3-11,14,18-19,25H,12-13H2,1-2H3,(H,23,29)(H,24,26)(H,27,28)/t18-,19+/m1/s1. The second-order valence-corrected chi connectivity index (χ2v) is 7.20. The zero-order chi connectivity index (χ0) is 22.1. The molecule has 0 radical (unpaired) electrons. The van der Waals surface area contributed by atoms with Crippen molar-refractivity contribution in [1.82, 2.24) is 10.6 Å². The van der Waals surface area contributed by atoms with Gasteiger partial charge in [-0.25, -0.2) is 9.59 Å². The second kappa shape index (κ2) is 10.8. The highest BCUT2D eigenvalue weighted by Crippen LogP contribution is 2.12. The smallest absolute Gasteiger partial charge is 0.408 e. The molecule has 0 saturated carbocycles. The molecule has 0 heterocycles. The molecule has 160 valence electrons. The Morgan fingerprint density at radius 1 is 0.933 bits per heavy atom. The van der Waals surface area contributed by atoms with Gasteiger partial charge in [0.25, 0.3) is 0 Å². The zero-order valence-corrected chi connectivity index (χ0v) is 16.9. The molecule has 30 heavy (non-hydrogen) atoms. The molecule has 4 N–H and O–H groups in total. The minimum absolute atomic E-state index is 0.0317. The SMILES string of the molecule is CC(C)[C@H](NC(=O)[C@@H](Cc1ccc(O)cc1)NC(=O)OCc1ccccc1)C(=O)O. The summed E-state index contributed by atoms with van der Waals surface area (Å²) in [6, 6.07) is 13.1. The Bertz CT molecular complexity index is 852. The van der Waals surface area contributed by atoms with E-state index < -0.39 is 30.1 Å². The lowest BCUT2D eigenvalue weighted by Gasteiger charge is -2.23. The molecule has 0 spiro atoms. The number of amides is 2. The van der Waals surface area contributed by atoms with Crippen molar-refractivity contribution in [3.8, 4) is 5.75 Å². The van der Waals surface area contributed by atoms with Crippen molar-refractivity contribution in [2.24, 2.45) is 5.92 Å². The Balaban J connectivity index is 2.09. The van der Waals surface area contributed by atoms with Crippen LogP contribution < -0.4 is 10.6 Å². The number of ether oxygens (including phenoxy) is 1. The fourth-order valence-corrected chi connectivity index (χ4v) is 2.75. The molecule has 8 heteroatoms. The molecule has 2 amide bonds. The van der Waals surface area contributed by atoms with Crippen LogP contribution in [0.1, 0.15) is 25.0 Å². The third-order valence-corrected chi connectivity index (χ3v) is 4.43. The first-order valence-electron chi connectivity index (χ1n) is 9.54. The first-order valence-corrected chi connectivity index (χ1v) is 9.54. The minimum atomic E-state index is -1.16. The fourth-order valence-electron chi connectivity index (χ4n) is 2.75. The molecule has 0 aliphatic heterocycles. The number of hydrogen-bond donors (Lipinski definition) is 4. The number of aromatic hydroxyl groups is 1. The average molecular weight is 414 g/mol. The average Bonchev–Trinajstić information content (AvgIpc) is 2.71. The molecule has 0 saturated heterocycles. The van der Waals surface area contributed by atoms with E-state index in [1.165, 1.54) is 12.1 Å². The topological polar surface area (TPSA) is 125 Å². The molecule has 0 aliphatic rings. The minimum Gasteiger partial charge on any atom is -0.508 e. The summed E-state index contributed by atoms with van der Waals surface area (Å²) in [5.41, 5.74) is 1.46. The van der Waals surface area contributed by atoms with Gasteiger partial charge in [0.05, 0.1) is 0 Å². The van der Waals surface area contributed by atoms with Gasteiger partial charge >= 0.3 is 12.1 Å². The Morgan fingerprint density at radius 3 is 2.13 bits per heavy atom. The zero-order valence-electron chi connectivity index (χ0n) is 16.9. The lowest BCUT2D eigenvalue weighted by Crippen LogP contribution is -2.53. The molecular formula is C22H26N2O6. The molecule has 0 aromatic heterocycles. The second-order valence-electron chi connectivity index (χ2n) is 7.20. The van der Waals surface area contributed by atoms with Gasteiger partial charge in [0, 0.05) is 6.42 Å². The van der Waals surface area contributed by atoms with Gasteiger partial charge in [0.1, 0.15) is 24.4 Å². The van der Waals surface area contributed by atoms with Gasteiger partial charge in [-0.3, -0.25) is 4.79 Å². The number of carbonyl (C=O) groups excluding carboxylic acids is 2. The summed E-state index contributed by atoms with van der Waals surface area (Å²) < 4.78 is 5.18. The highest BCUT2D eigenvalue weighted by Gasteiger charge is 2.29. The van der Waals surface area contributed by atoms with Crippen LogP contribution in [0.15, 0.2) is 54.6 Å². The van der Waals surface area contributed by atoms with E-state index in [2.05, 4.69) is 10.6 Å². The molecule has 2 aromatic rings. The van der Waals surface area contributed by atoms with Crippen LogP contribution in [0.5, 0.6) is 5.75 Å². The van der Waals surface area contributed by atoms with Crippen molar-refractivity contribution < 1.29 is 29.3 Å². The summed E-state index contributed by atoms with van der Waals surface area (Å²) >= 11 is 0. The largest absolute Gasteiger partial charge is 0.508 e. The summed E-state index contributed by atoms with van der Waals surface area (Å²) in [6.45, 7) is 3.38. The number of carbonyl (C=O) groups is 3. The molecule has 0 aliphatic carbocycles. The summed E-state index contributed by atoms with van der Waals surface area (Å²) in [6.07, 6.45) is -0.703. The van der Waals surface area contributed by atoms with E-state index in [4.69, 9.17) is 4.74 Å². The van der Waals surface area contributed by atoms with Crippen molar-refractivity contribution in [2.45, 2.75) is 39.0 Å². The van der Waals surface area contributed by atoms with Crippen LogP contribution in [0.2, 0.25) is 0 Å². The van der Waals surface area contributed by atoms with Crippen LogP contribution in [-0.4, -0.2) is 40.3 Å². The third-order valence-electron chi connectivity index (χ3n) is 4.43. The van der Waals surface area contributed by atoms with Crippen LogP contribution in [-0.2, 0) is 27.4 Å². The summed E-state index contributed by atoms with van der Waals surface area (Å²) in [5, 5.41) is 23.7.